The van der Waals surface area contributed by atoms with E-state index in [-0.39, 0.29) is 41.8 Å². The normalized spacial score (nSPS) is 16.4. The first kappa shape index (κ1) is 26.6. The zero-order chi connectivity index (χ0) is 26.9. The highest BCUT2D eigenvalue weighted by Crippen LogP contribution is 2.33. The van der Waals surface area contributed by atoms with E-state index in [1.807, 2.05) is 0 Å². The third-order valence-electron chi connectivity index (χ3n) is 6.06. The van der Waals surface area contributed by atoms with Gasteiger partial charge in [-0.15, -0.1) is 17.8 Å². The maximum Gasteiger partial charge on any atom is 0.327 e. The second kappa shape index (κ2) is 10.5. The number of thiophene rings is 1. The highest BCUT2D eigenvalue weighted by molar-refractivity contribution is 7.91. The fourth-order valence-corrected chi connectivity index (χ4v) is 7.31. The van der Waals surface area contributed by atoms with E-state index in [4.69, 9.17) is 23.4 Å². The molecule has 0 aliphatic carbocycles. The Kier molecular flexibility index (Phi) is 7.57. The summed E-state index contributed by atoms with van der Waals surface area (Å²) >= 11 is 7.08. The zero-order valence-electron chi connectivity index (χ0n) is 19.7. The number of piperazine rings is 1. The number of benzene rings is 2. The number of carbonyl (C=O) groups is 2. The molecule has 37 heavy (non-hydrogen) atoms. The number of terminal acetylenes is 1. The molecule has 1 aliphatic rings. The number of nitrogens with zero attached hydrogens (tertiary/aromatic N) is 3. The molecular formula is C25H23ClN4O5S2. The average molecular weight is 559 g/mol. The van der Waals surface area contributed by atoms with E-state index in [0.717, 1.165) is 21.0 Å². The first-order chi connectivity index (χ1) is 17.5. The summed E-state index contributed by atoms with van der Waals surface area (Å²) in [4.78, 5) is 28.0. The van der Waals surface area contributed by atoms with Gasteiger partial charge < -0.3 is 14.9 Å². The molecule has 4 rings (SSSR count). The molecule has 1 aromatic heterocycles. The summed E-state index contributed by atoms with van der Waals surface area (Å²) in [5.41, 5.74) is 0.782. The van der Waals surface area contributed by atoms with Crippen molar-refractivity contribution in [1.82, 2.24) is 14.1 Å². The number of halogens is 1. The summed E-state index contributed by atoms with van der Waals surface area (Å²) in [6, 6.07) is 11.5. The Hall–Kier alpha value is -3.43. The van der Waals surface area contributed by atoms with Crippen molar-refractivity contribution in [3.8, 4) is 12.3 Å². The van der Waals surface area contributed by atoms with Gasteiger partial charge in [0.15, 0.2) is 0 Å². The van der Waals surface area contributed by atoms with Crippen LogP contribution in [0.4, 0.5) is 0 Å². The van der Waals surface area contributed by atoms with Gasteiger partial charge in [-0.2, -0.15) is 4.31 Å². The number of aliphatic carboxylic acids is 1. The van der Waals surface area contributed by atoms with Crippen LogP contribution in [0.3, 0.4) is 0 Å². The molecule has 2 aromatic carbocycles. The van der Waals surface area contributed by atoms with Crippen LogP contribution in [0.25, 0.3) is 10.1 Å². The molecule has 1 saturated heterocycles. The predicted octanol–water partition coefficient (Wildman–Crippen LogP) is 3.04. The predicted molar refractivity (Wildman–Crippen MR) is 143 cm³/mol. The number of fused-ring (bicyclic) bond motifs is 1. The molecule has 2 N–H and O–H groups in total. The minimum absolute atomic E-state index is 0.0491. The van der Waals surface area contributed by atoms with Crippen molar-refractivity contribution in [1.29, 1.82) is 5.41 Å². The molecule has 0 saturated carbocycles. The Morgan fingerprint density at radius 2 is 1.86 bits per heavy atom. The molecule has 1 amide bonds. The van der Waals surface area contributed by atoms with Crippen LogP contribution in [-0.4, -0.2) is 84.6 Å². The molecule has 2 heterocycles. The molecule has 1 unspecified atom stereocenters. The molecule has 9 nitrogen and oxygen atoms in total. The summed E-state index contributed by atoms with van der Waals surface area (Å²) < 4.78 is 28.6. The van der Waals surface area contributed by atoms with Crippen molar-refractivity contribution in [2.45, 2.75) is 10.3 Å². The summed E-state index contributed by atoms with van der Waals surface area (Å²) in [7, 11) is -2.30. The second-order valence-corrected chi connectivity index (χ2v) is 12.1. The lowest BCUT2D eigenvalue weighted by Crippen LogP contribution is -2.59. The van der Waals surface area contributed by atoms with Crippen molar-refractivity contribution in [2.75, 3.05) is 33.2 Å². The van der Waals surface area contributed by atoms with Gasteiger partial charge >= 0.3 is 5.97 Å². The van der Waals surface area contributed by atoms with E-state index in [1.54, 1.807) is 48.3 Å². The van der Waals surface area contributed by atoms with Gasteiger partial charge in [0.05, 0.1) is 6.54 Å². The molecule has 0 spiro atoms. The highest BCUT2D eigenvalue weighted by atomic mass is 35.5. The Morgan fingerprint density at radius 1 is 1.19 bits per heavy atom. The van der Waals surface area contributed by atoms with Crippen LogP contribution in [0.1, 0.15) is 15.9 Å². The van der Waals surface area contributed by atoms with Gasteiger partial charge in [0.1, 0.15) is 16.1 Å². The number of carbonyl (C=O) groups excluding carboxylic acids is 1. The lowest BCUT2D eigenvalue weighted by atomic mass is 10.1. The molecule has 12 heteroatoms. The van der Waals surface area contributed by atoms with Gasteiger partial charge in [0.25, 0.3) is 15.9 Å². The Balaban J connectivity index is 1.53. The number of amidine groups is 1. The van der Waals surface area contributed by atoms with Crippen LogP contribution in [0, 0.1) is 17.8 Å². The number of hydrogen-bond acceptors (Lipinski definition) is 6. The quantitative estimate of drug-likeness (QED) is 0.272. The van der Waals surface area contributed by atoms with Crippen molar-refractivity contribution >= 4 is 60.8 Å². The van der Waals surface area contributed by atoms with E-state index in [1.165, 1.54) is 17.0 Å². The molecule has 192 valence electrons. The van der Waals surface area contributed by atoms with E-state index in [2.05, 4.69) is 5.92 Å². The van der Waals surface area contributed by atoms with Crippen LogP contribution in [0.15, 0.2) is 52.7 Å². The molecule has 1 fully saturated rings. The Morgan fingerprint density at radius 3 is 2.51 bits per heavy atom. The minimum atomic E-state index is -3.98. The zero-order valence-corrected chi connectivity index (χ0v) is 22.1. The summed E-state index contributed by atoms with van der Waals surface area (Å²) in [6.07, 6.45) is 5.29. The van der Waals surface area contributed by atoms with Gasteiger partial charge in [-0.1, -0.05) is 35.7 Å². The van der Waals surface area contributed by atoms with Crippen molar-refractivity contribution in [3.05, 3.63) is 64.7 Å². The topological polar surface area (TPSA) is 122 Å². The van der Waals surface area contributed by atoms with Crippen molar-refractivity contribution < 1.29 is 23.1 Å². The number of amides is 1. The number of rotatable bonds is 6. The van der Waals surface area contributed by atoms with E-state index >= 15 is 0 Å². The summed E-state index contributed by atoms with van der Waals surface area (Å²) in [5, 5.41) is 19.3. The molecule has 3 aromatic rings. The highest BCUT2D eigenvalue weighted by Gasteiger charge is 2.40. The Labute approximate surface area is 223 Å². The van der Waals surface area contributed by atoms with Crippen LogP contribution < -0.4 is 0 Å². The minimum Gasteiger partial charge on any atom is -0.480 e. The number of carboxylic acids is 1. The van der Waals surface area contributed by atoms with Crippen LogP contribution in [0.5, 0.6) is 0 Å². The molecule has 0 bridgehead atoms. The van der Waals surface area contributed by atoms with Gasteiger partial charge in [0, 0.05) is 47.5 Å². The molecule has 0 radical (unpaired) electrons. The maximum absolute atomic E-state index is 13.3. The molecule has 1 atom stereocenters. The van der Waals surface area contributed by atoms with Crippen molar-refractivity contribution in [3.63, 3.8) is 0 Å². The van der Waals surface area contributed by atoms with Crippen LogP contribution >= 0.6 is 22.9 Å². The van der Waals surface area contributed by atoms with Gasteiger partial charge in [-0.25, -0.2) is 13.2 Å². The standard InChI is InChI=1S/C25H23ClN4O5S2/c1-3-10-28(2)23(27)16-4-6-17(7-5-16)24(31)30-12-11-29(15-20(30)25(32)33)37(34,35)22-13-18-8-9-19(26)14-21(18)36-22/h1,4-9,13-14,20,27H,10-12,15H2,2H3,(H,32,33). The Bertz CT molecular complexity index is 1530. The van der Waals surface area contributed by atoms with Gasteiger partial charge in [-0.05, 0) is 35.7 Å². The fraction of sp³-hybridized carbons (Fsp3) is 0.240. The number of sulfonamides is 1. The maximum atomic E-state index is 13.3. The van der Waals surface area contributed by atoms with Gasteiger partial charge in [-0.3, -0.25) is 10.2 Å². The second-order valence-electron chi connectivity index (χ2n) is 8.45. The third kappa shape index (κ3) is 5.33. The lowest BCUT2D eigenvalue weighted by Gasteiger charge is -2.38. The first-order valence-electron chi connectivity index (χ1n) is 11.1. The number of nitrogens with one attached hydrogen (secondary N) is 1. The number of carboxylic acid groups (broad SMARTS) is 1. The molecular weight excluding hydrogens is 536 g/mol. The smallest absolute Gasteiger partial charge is 0.327 e. The van der Waals surface area contributed by atoms with E-state index in [0.29, 0.717) is 15.3 Å². The van der Waals surface area contributed by atoms with Crippen molar-refractivity contribution in [2.24, 2.45) is 0 Å². The first-order valence-corrected chi connectivity index (χ1v) is 13.7. The third-order valence-corrected chi connectivity index (χ3v) is 9.71. The SMILES string of the molecule is C#CCN(C)C(=N)c1ccc(C(=O)N2CCN(S(=O)(=O)c3cc4ccc(Cl)cc4s3)CC2C(=O)O)cc1. The monoisotopic (exact) mass is 558 g/mol. The van der Waals surface area contributed by atoms with Crippen LogP contribution in [0.2, 0.25) is 5.02 Å². The average Bonchev–Trinajstić information content (AvgIpc) is 3.32. The van der Waals surface area contributed by atoms with E-state index in [9.17, 15) is 23.1 Å². The largest absolute Gasteiger partial charge is 0.480 e. The fourth-order valence-electron chi connectivity index (χ4n) is 4.04. The lowest BCUT2D eigenvalue weighted by molar-refractivity contribution is -0.143. The van der Waals surface area contributed by atoms with Crippen LogP contribution in [-0.2, 0) is 14.8 Å². The van der Waals surface area contributed by atoms with Gasteiger partial charge in [0.2, 0.25) is 0 Å². The summed E-state index contributed by atoms with van der Waals surface area (Å²) in [6.45, 7) is -0.263. The van der Waals surface area contributed by atoms with E-state index < -0.39 is 27.9 Å². The summed E-state index contributed by atoms with van der Waals surface area (Å²) in [5.74, 6) is 0.808. The number of hydrogen-bond donors (Lipinski definition) is 2. The molecule has 1 aliphatic heterocycles.